The SMILES string of the molecule is CCn1cc(S(=O)(=O)Nc2ccc(Cl)c(C(F)(F)F)c2)c(C)n1. The number of anilines is 1. The molecule has 0 saturated carbocycles. The normalized spacial score (nSPS) is 12.4. The van der Waals surface area contributed by atoms with Gasteiger partial charge in [-0.1, -0.05) is 11.6 Å². The Bertz CT molecular complexity index is 831. The van der Waals surface area contributed by atoms with Crippen molar-refractivity contribution in [3.63, 3.8) is 0 Å². The lowest BCUT2D eigenvalue weighted by Crippen LogP contribution is -2.14. The number of nitrogens with one attached hydrogen (secondary N) is 1. The van der Waals surface area contributed by atoms with Crippen LogP contribution in [0.1, 0.15) is 18.2 Å². The van der Waals surface area contributed by atoms with E-state index >= 15 is 0 Å². The topological polar surface area (TPSA) is 64.0 Å². The summed E-state index contributed by atoms with van der Waals surface area (Å²) < 4.78 is 66.6. The highest BCUT2D eigenvalue weighted by molar-refractivity contribution is 7.92. The third-order valence-electron chi connectivity index (χ3n) is 3.04. The van der Waals surface area contributed by atoms with Crippen LogP contribution in [0.4, 0.5) is 18.9 Å². The highest BCUT2D eigenvalue weighted by Gasteiger charge is 2.33. The Balaban J connectivity index is 2.40. The van der Waals surface area contributed by atoms with Crippen LogP contribution in [0.25, 0.3) is 0 Å². The number of aromatic nitrogens is 2. The molecule has 0 aliphatic rings. The Kier molecular flexibility index (Phi) is 4.63. The van der Waals surface area contributed by atoms with Crippen LogP contribution < -0.4 is 4.72 Å². The van der Waals surface area contributed by atoms with Crippen molar-refractivity contribution < 1.29 is 21.6 Å². The summed E-state index contributed by atoms with van der Waals surface area (Å²) >= 11 is 5.51. The summed E-state index contributed by atoms with van der Waals surface area (Å²) in [6.07, 6.45) is -3.36. The van der Waals surface area contributed by atoms with E-state index in [1.165, 1.54) is 17.8 Å². The van der Waals surface area contributed by atoms with E-state index < -0.39 is 26.8 Å². The van der Waals surface area contributed by atoms with Gasteiger partial charge in [-0.25, -0.2) is 8.42 Å². The number of halogens is 4. The number of alkyl halides is 3. The first-order chi connectivity index (χ1) is 10.5. The van der Waals surface area contributed by atoms with E-state index in [1.54, 1.807) is 6.92 Å². The Morgan fingerprint density at radius 2 is 2.00 bits per heavy atom. The van der Waals surface area contributed by atoms with Crippen LogP contribution in [-0.4, -0.2) is 18.2 Å². The number of aryl methyl sites for hydroxylation is 2. The zero-order valence-electron chi connectivity index (χ0n) is 12.1. The van der Waals surface area contributed by atoms with Gasteiger partial charge in [-0.15, -0.1) is 0 Å². The summed E-state index contributed by atoms with van der Waals surface area (Å²) in [6, 6.07) is 2.80. The maximum absolute atomic E-state index is 12.8. The fraction of sp³-hybridized carbons (Fsp3) is 0.308. The number of hydrogen-bond acceptors (Lipinski definition) is 3. The minimum Gasteiger partial charge on any atom is -0.280 e. The van der Waals surface area contributed by atoms with E-state index in [0.29, 0.717) is 12.6 Å². The van der Waals surface area contributed by atoms with Crippen molar-refractivity contribution in [3.05, 3.63) is 40.7 Å². The third kappa shape index (κ3) is 3.78. The zero-order valence-corrected chi connectivity index (χ0v) is 13.7. The molecule has 2 rings (SSSR count). The van der Waals surface area contributed by atoms with Crippen molar-refractivity contribution >= 4 is 27.3 Å². The van der Waals surface area contributed by atoms with Crippen molar-refractivity contribution in [2.45, 2.75) is 31.5 Å². The van der Waals surface area contributed by atoms with Gasteiger partial charge in [0.1, 0.15) is 4.90 Å². The molecule has 0 radical (unpaired) electrons. The molecule has 0 saturated heterocycles. The number of hydrogen-bond donors (Lipinski definition) is 1. The molecule has 0 fully saturated rings. The van der Waals surface area contributed by atoms with Gasteiger partial charge in [0.2, 0.25) is 0 Å². The Morgan fingerprint density at radius 1 is 1.35 bits per heavy atom. The molecule has 5 nitrogen and oxygen atoms in total. The molecule has 1 N–H and O–H groups in total. The Labute approximate surface area is 136 Å². The molecule has 126 valence electrons. The molecule has 0 bridgehead atoms. The first-order valence-corrected chi connectivity index (χ1v) is 8.34. The van der Waals surface area contributed by atoms with Crippen molar-refractivity contribution in [1.29, 1.82) is 0 Å². The second kappa shape index (κ2) is 6.04. The average molecular weight is 368 g/mol. The highest BCUT2D eigenvalue weighted by atomic mass is 35.5. The Hall–Kier alpha value is -1.74. The first-order valence-electron chi connectivity index (χ1n) is 6.48. The fourth-order valence-electron chi connectivity index (χ4n) is 1.94. The summed E-state index contributed by atoms with van der Waals surface area (Å²) in [5, 5.41) is 3.50. The van der Waals surface area contributed by atoms with Gasteiger partial charge in [0.15, 0.2) is 0 Å². The van der Waals surface area contributed by atoms with E-state index in [-0.39, 0.29) is 16.3 Å². The van der Waals surface area contributed by atoms with Gasteiger partial charge in [0.05, 0.1) is 16.3 Å². The van der Waals surface area contributed by atoms with Crippen LogP contribution in [0.15, 0.2) is 29.3 Å². The smallest absolute Gasteiger partial charge is 0.280 e. The van der Waals surface area contributed by atoms with Gasteiger partial charge < -0.3 is 0 Å². The first kappa shape index (κ1) is 17.6. The standard InChI is InChI=1S/C13H13ClF3N3O2S/c1-3-20-7-12(8(2)18-20)23(21,22)19-9-4-5-11(14)10(6-9)13(15,16)17/h4-7,19H,3H2,1-2H3. The van der Waals surface area contributed by atoms with Crippen LogP contribution in [0.3, 0.4) is 0 Å². The fourth-order valence-corrected chi connectivity index (χ4v) is 3.40. The van der Waals surface area contributed by atoms with E-state index in [0.717, 1.165) is 12.1 Å². The molecule has 0 spiro atoms. The highest BCUT2D eigenvalue weighted by Crippen LogP contribution is 2.36. The van der Waals surface area contributed by atoms with E-state index in [4.69, 9.17) is 11.6 Å². The number of nitrogens with zero attached hydrogens (tertiary/aromatic N) is 2. The van der Waals surface area contributed by atoms with E-state index in [2.05, 4.69) is 9.82 Å². The zero-order chi connectivity index (χ0) is 17.4. The third-order valence-corrected chi connectivity index (χ3v) is 4.85. The molecule has 1 aromatic heterocycles. The van der Waals surface area contributed by atoms with E-state index in [1.807, 2.05) is 0 Å². The summed E-state index contributed by atoms with van der Waals surface area (Å²) in [4.78, 5) is -0.0946. The molecule has 0 unspecified atom stereocenters. The molecule has 0 amide bonds. The van der Waals surface area contributed by atoms with Gasteiger partial charge >= 0.3 is 6.18 Å². The summed E-state index contributed by atoms with van der Waals surface area (Å²) in [6.45, 7) is 3.75. The number of sulfonamides is 1. The molecule has 1 heterocycles. The van der Waals surface area contributed by atoms with Crippen molar-refractivity contribution in [1.82, 2.24) is 9.78 Å². The van der Waals surface area contributed by atoms with Gasteiger partial charge in [0.25, 0.3) is 10.0 Å². The number of rotatable bonds is 4. The van der Waals surface area contributed by atoms with Gasteiger partial charge in [-0.3, -0.25) is 9.40 Å². The van der Waals surface area contributed by atoms with Crippen LogP contribution in [-0.2, 0) is 22.7 Å². The summed E-state index contributed by atoms with van der Waals surface area (Å²) in [7, 11) is -4.05. The van der Waals surface area contributed by atoms with Crippen LogP contribution in [0.2, 0.25) is 5.02 Å². The van der Waals surface area contributed by atoms with Crippen LogP contribution in [0.5, 0.6) is 0 Å². The van der Waals surface area contributed by atoms with Crippen LogP contribution in [0, 0.1) is 6.92 Å². The second-order valence-corrected chi connectivity index (χ2v) is 6.79. The van der Waals surface area contributed by atoms with Gasteiger partial charge in [0, 0.05) is 18.4 Å². The largest absolute Gasteiger partial charge is 0.417 e. The molecule has 2 aromatic rings. The maximum Gasteiger partial charge on any atom is 0.417 e. The maximum atomic E-state index is 12.8. The summed E-state index contributed by atoms with van der Waals surface area (Å²) in [5.74, 6) is 0. The minimum absolute atomic E-state index is 0.0946. The molecule has 10 heteroatoms. The monoisotopic (exact) mass is 367 g/mol. The molecule has 0 atom stereocenters. The summed E-state index contributed by atoms with van der Waals surface area (Å²) in [5.41, 5.74) is -1.09. The molecule has 0 aliphatic carbocycles. The lowest BCUT2D eigenvalue weighted by molar-refractivity contribution is -0.137. The number of benzene rings is 1. The lowest BCUT2D eigenvalue weighted by atomic mass is 10.2. The predicted octanol–water partition coefficient (Wildman–Crippen LogP) is 3.68. The van der Waals surface area contributed by atoms with Crippen molar-refractivity contribution in [2.24, 2.45) is 0 Å². The lowest BCUT2D eigenvalue weighted by Gasteiger charge is -2.12. The van der Waals surface area contributed by atoms with Gasteiger partial charge in [-0.05, 0) is 32.0 Å². The minimum atomic E-state index is -4.68. The molecular formula is C13H13ClF3N3O2S. The Morgan fingerprint density at radius 3 is 2.52 bits per heavy atom. The molecular weight excluding hydrogens is 355 g/mol. The average Bonchev–Trinajstić information content (AvgIpc) is 2.81. The van der Waals surface area contributed by atoms with Crippen molar-refractivity contribution in [2.75, 3.05) is 4.72 Å². The van der Waals surface area contributed by atoms with Crippen LogP contribution >= 0.6 is 11.6 Å². The van der Waals surface area contributed by atoms with Crippen molar-refractivity contribution in [3.8, 4) is 0 Å². The molecule has 0 aliphatic heterocycles. The second-order valence-electron chi connectivity index (χ2n) is 4.73. The predicted molar refractivity (Wildman–Crippen MR) is 79.9 cm³/mol. The molecule has 1 aromatic carbocycles. The van der Waals surface area contributed by atoms with E-state index in [9.17, 15) is 21.6 Å². The van der Waals surface area contributed by atoms with Gasteiger partial charge in [-0.2, -0.15) is 18.3 Å². The molecule has 23 heavy (non-hydrogen) atoms. The quantitative estimate of drug-likeness (QED) is 0.896.